The van der Waals surface area contributed by atoms with Gasteiger partial charge in [0.1, 0.15) is 0 Å². The molecule has 0 heterocycles. The van der Waals surface area contributed by atoms with E-state index in [9.17, 15) is 8.42 Å². The van der Waals surface area contributed by atoms with E-state index in [1.54, 1.807) is 19.1 Å². The van der Waals surface area contributed by atoms with Gasteiger partial charge in [0, 0.05) is 13.1 Å². The highest BCUT2D eigenvalue weighted by molar-refractivity contribution is 7.89. The number of rotatable bonds is 10. The highest BCUT2D eigenvalue weighted by Crippen LogP contribution is 2.20. The van der Waals surface area contributed by atoms with Crippen LogP contribution in [0.4, 0.5) is 0 Å². The van der Waals surface area contributed by atoms with Crippen molar-refractivity contribution in [1.82, 2.24) is 4.31 Å². The van der Waals surface area contributed by atoms with E-state index in [1.165, 1.54) is 19.2 Å². The van der Waals surface area contributed by atoms with E-state index in [-0.39, 0.29) is 11.5 Å². The van der Waals surface area contributed by atoms with Crippen molar-refractivity contribution in [3.63, 3.8) is 0 Å². The molecule has 22 heavy (non-hydrogen) atoms. The molecule has 1 atom stereocenters. The molecule has 0 spiro atoms. The van der Waals surface area contributed by atoms with Crippen LogP contribution in [-0.4, -0.2) is 44.1 Å². The summed E-state index contributed by atoms with van der Waals surface area (Å²) in [4.78, 5) is 10.3. The lowest BCUT2D eigenvalue weighted by atomic mass is 10.3. The van der Waals surface area contributed by atoms with Crippen LogP contribution >= 0.6 is 0 Å². The fraction of sp³-hybridized carbons (Fsp3) is 0.600. The van der Waals surface area contributed by atoms with Crippen LogP contribution in [0.25, 0.3) is 0 Å². The Hall–Kier alpha value is -1.15. The maximum atomic E-state index is 12.3. The Kier molecular flexibility index (Phi) is 7.81. The van der Waals surface area contributed by atoms with E-state index >= 15 is 0 Å². The molecule has 0 bridgehead atoms. The lowest BCUT2D eigenvalue weighted by Crippen LogP contribution is -2.37. The maximum Gasteiger partial charge on any atom is 0.243 e. The Labute approximate surface area is 132 Å². The van der Waals surface area contributed by atoms with Crippen molar-refractivity contribution in [3.05, 3.63) is 24.3 Å². The van der Waals surface area contributed by atoms with Crippen LogP contribution < -0.4 is 4.89 Å². The zero-order valence-electron chi connectivity index (χ0n) is 13.4. The first-order valence-electron chi connectivity index (χ1n) is 7.42. The van der Waals surface area contributed by atoms with Crippen LogP contribution in [0.15, 0.2) is 29.2 Å². The summed E-state index contributed by atoms with van der Waals surface area (Å²) in [5.74, 6) is 0.452. The Balaban J connectivity index is 2.64. The second kappa shape index (κ2) is 9.09. The second-order valence-corrected chi connectivity index (χ2v) is 7.13. The van der Waals surface area contributed by atoms with Crippen molar-refractivity contribution < 1.29 is 23.3 Å². The average Bonchev–Trinajstić information content (AvgIpc) is 2.53. The number of sulfonamides is 1. The SMILES string of the molecule is CCCCCOOc1ccc(S(=O)(=O)N(C)C(C)CO)cc1. The van der Waals surface area contributed by atoms with Gasteiger partial charge in [-0.3, -0.25) is 0 Å². The number of benzene rings is 1. The minimum atomic E-state index is -3.62. The molecular formula is C15H25NO5S. The van der Waals surface area contributed by atoms with Crippen molar-refractivity contribution in [3.8, 4) is 5.75 Å². The number of likely N-dealkylation sites (N-methyl/N-ethyl adjacent to an activating group) is 1. The lowest BCUT2D eigenvalue weighted by Gasteiger charge is -2.22. The van der Waals surface area contributed by atoms with Gasteiger partial charge in [0.2, 0.25) is 10.0 Å². The van der Waals surface area contributed by atoms with Gasteiger partial charge in [0.15, 0.2) is 5.75 Å². The molecule has 126 valence electrons. The zero-order chi connectivity index (χ0) is 16.6. The van der Waals surface area contributed by atoms with Crippen LogP contribution in [0.2, 0.25) is 0 Å². The standard InChI is InChI=1S/C15H25NO5S/c1-4-5-6-11-20-21-14-7-9-15(10-8-14)22(18,19)16(3)13(2)12-17/h7-10,13,17H,4-6,11-12H2,1-3H3. The molecule has 0 saturated carbocycles. The van der Waals surface area contributed by atoms with Crippen LogP contribution in [-0.2, 0) is 14.9 Å². The van der Waals surface area contributed by atoms with Gasteiger partial charge in [-0.25, -0.2) is 8.42 Å². The average molecular weight is 331 g/mol. The Bertz CT molecular complexity index is 529. The molecule has 0 saturated heterocycles. The third-order valence-corrected chi connectivity index (χ3v) is 5.36. The topological polar surface area (TPSA) is 76.1 Å². The summed E-state index contributed by atoms with van der Waals surface area (Å²) >= 11 is 0. The molecule has 0 aliphatic rings. The summed E-state index contributed by atoms with van der Waals surface area (Å²) in [6.45, 7) is 4.01. The first-order chi connectivity index (χ1) is 10.4. The summed E-state index contributed by atoms with van der Waals surface area (Å²) in [7, 11) is -2.18. The highest BCUT2D eigenvalue weighted by Gasteiger charge is 2.24. The number of hydrogen-bond donors (Lipinski definition) is 1. The predicted octanol–water partition coefficient (Wildman–Crippen LogP) is 2.19. The largest absolute Gasteiger partial charge is 0.395 e. The smallest absolute Gasteiger partial charge is 0.243 e. The first kappa shape index (κ1) is 18.9. The van der Waals surface area contributed by atoms with Crippen LogP contribution in [0.5, 0.6) is 5.75 Å². The minimum absolute atomic E-state index is 0.147. The van der Waals surface area contributed by atoms with Crippen molar-refractivity contribution in [2.24, 2.45) is 0 Å². The summed E-state index contributed by atoms with van der Waals surface area (Å²) in [6.07, 6.45) is 3.11. The van der Waals surface area contributed by atoms with E-state index in [1.807, 2.05) is 0 Å². The number of aliphatic hydroxyl groups excluding tert-OH is 1. The molecule has 0 radical (unpaired) electrons. The molecule has 6 nitrogen and oxygen atoms in total. The first-order valence-corrected chi connectivity index (χ1v) is 8.86. The summed E-state index contributed by atoms with van der Waals surface area (Å²) in [5.41, 5.74) is 0. The van der Waals surface area contributed by atoms with Gasteiger partial charge >= 0.3 is 0 Å². The number of nitrogens with zero attached hydrogens (tertiary/aromatic N) is 1. The molecule has 0 amide bonds. The fourth-order valence-corrected chi connectivity index (χ4v) is 3.06. The molecule has 7 heteroatoms. The summed E-state index contributed by atoms with van der Waals surface area (Å²) in [5, 5.41) is 9.08. The van der Waals surface area contributed by atoms with Gasteiger partial charge < -0.3 is 9.99 Å². The normalized spacial score (nSPS) is 13.3. The van der Waals surface area contributed by atoms with Crippen LogP contribution in [0.1, 0.15) is 33.1 Å². The molecule has 1 aromatic carbocycles. The molecule has 0 aromatic heterocycles. The van der Waals surface area contributed by atoms with Crippen LogP contribution in [0, 0.1) is 0 Å². The van der Waals surface area contributed by atoms with Crippen LogP contribution in [0.3, 0.4) is 0 Å². The highest BCUT2D eigenvalue weighted by atomic mass is 32.2. The van der Waals surface area contributed by atoms with Crippen molar-refractivity contribution in [2.75, 3.05) is 20.3 Å². The van der Waals surface area contributed by atoms with E-state index in [0.717, 1.165) is 23.6 Å². The third-order valence-electron chi connectivity index (χ3n) is 3.37. The van der Waals surface area contributed by atoms with Crippen molar-refractivity contribution in [1.29, 1.82) is 0 Å². The molecule has 0 aliphatic heterocycles. The zero-order valence-corrected chi connectivity index (χ0v) is 14.2. The third kappa shape index (κ3) is 5.24. The Morgan fingerprint density at radius 1 is 1.23 bits per heavy atom. The predicted molar refractivity (Wildman–Crippen MR) is 84.0 cm³/mol. The summed E-state index contributed by atoms with van der Waals surface area (Å²) in [6, 6.07) is 5.53. The van der Waals surface area contributed by atoms with E-state index in [4.69, 9.17) is 14.9 Å². The quantitative estimate of drug-likeness (QED) is 0.404. The van der Waals surface area contributed by atoms with Gasteiger partial charge in [0.25, 0.3) is 0 Å². The van der Waals surface area contributed by atoms with Gasteiger partial charge in [-0.15, -0.1) is 0 Å². The van der Waals surface area contributed by atoms with Gasteiger partial charge in [-0.1, -0.05) is 19.8 Å². The maximum absolute atomic E-state index is 12.3. The second-order valence-electron chi connectivity index (χ2n) is 5.14. The monoisotopic (exact) mass is 331 g/mol. The van der Waals surface area contributed by atoms with E-state index in [2.05, 4.69) is 6.92 Å². The van der Waals surface area contributed by atoms with E-state index < -0.39 is 16.1 Å². The molecule has 0 aliphatic carbocycles. The molecule has 1 unspecified atom stereocenters. The van der Waals surface area contributed by atoms with Crippen molar-refractivity contribution >= 4 is 10.0 Å². The number of aliphatic hydroxyl groups is 1. The molecule has 1 rings (SSSR count). The Morgan fingerprint density at radius 2 is 1.86 bits per heavy atom. The van der Waals surface area contributed by atoms with Crippen molar-refractivity contribution in [2.45, 2.75) is 44.0 Å². The molecule has 1 aromatic rings. The molecule has 0 fully saturated rings. The lowest BCUT2D eigenvalue weighted by molar-refractivity contribution is -0.207. The number of unbranched alkanes of at least 4 members (excludes halogenated alkanes) is 2. The van der Waals surface area contributed by atoms with Gasteiger partial charge in [0.05, 0.1) is 18.1 Å². The van der Waals surface area contributed by atoms with E-state index in [0.29, 0.717) is 12.4 Å². The Morgan fingerprint density at radius 3 is 2.41 bits per heavy atom. The minimum Gasteiger partial charge on any atom is -0.395 e. The fourth-order valence-electron chi connectivity index (χ4n) is 1.71. The summed E-state index contributed by atoms with van der Waals surface area (Å²) < 4.78 is 25.8. The number of hydrogen-bond acceptors (Lipinski definition) is 5. The van der Waals surface area contributed by atoms with Gasteiger partial charge in [-0.2, -0.15) is 9.19 Å². The molecule has 1 N–H and O–H groups in total. The van der Waals surface area contributed by atoms with Gasteiger partial charge in [-0.05, 0) is 37.6 Å². The molecular weight excluding hydrogens is 306 g/mol.